The minimum absolute atomic E-state index is 0.00313. The van der Waals surface area contributed by atoms with Crippen LogP contribution in [0.2, 0.25) is 0 Å². The van der Waals surface area contributed by atoms with Crippen molar-refractivity contribution in [1.29, 1.82) is 0 Å². The molecule has 0 saturated heterocycles. The van der Waals surface area contributed by atoms with E-state index in [9.17, 15) is 14.9 Å². The maximum absolute atomic E-state index is 13.7. The quantitative estimate of drug-likeness (QED) is 0.146. The Kier molecular flexibility index (Phi) is 8.43. The van der Waals surface area contributed by atoms with Crippen LogP contribution >= 0.6 is 0 Å². The van der Waals surface area contributed by atoms with Crippen LogP contribution in [-0.2, 0) is 6.42 Å². The number of nitrogens with zero attached hydrogens (tertiary/aromatic N) is 2. The number of anilines is 1. The van der Waals surface area contributed by atoms with Gasteiger partial charge in [-0.1, -0.05) is 79.9 Å². The molecule has 230 valence electrons. The number of rotatable bonds is 4. The molecule has 0 bridgehead atoms. The molecule has 4 aliphatic rings. The van der Waals surface area contributed by atoms with Gasteiger partial charge in [0.15, 0.2) is 5.78 Å². The molecule has 8 rings (SSSR count). The predicted octanol–water partition coefficient (Wildman–Crippen LogP) is 7.71. The first kappa shape index (κ1) is 29.6. The molecule has 4 aromatic rings. The van der Waals surface area contributed by atoms with Gasteiger partial charge in [-0.15, -0.1) is 0 Å². The number of Topliss-reactive ketones (excluding diaryl/α,β-unsaturated/α-hetero) is 1. The Morgan fingerprint density at radius 3 is 2.41 bits per heavy atom. The van der Waals surface area contributed by atoms with Crippen LogP contribution in [0.1, 0.15) is 77.9 Å². The van der Waals surface area contributed by atoms with E-state index in [0.29, 0.717) is 17.4 Å². The predicted molar refractivity (Wildman–Crippen MR) is 184 cm³/mol. The number of benzene rings is 4. The minimum atomic E-state index is -0.424. The van der Waals surface area contributed by atoms with Gasteiger partial charge in [0.1, 0.15) is 0 Å². The van der Waals surface area contributed by atoms with Crippen molar-refractivity contribution < 1.29 is 9.72 Å². The lowest BCUT2D eigenvalue weighted by Gasteiger charge is -2.35. The average molecular weight is 608 g/mol. The fourth-order valence-corrected chi connectivity index (χ4v) is 7.72. The zero-order valence-electron chi connectivity index (χ0n) is 25.8. The number of carbonyl (C=O) groups excluding carboxylic acids is 1. The van der Waals surface area contributed by atoms with Crippen molar-refractivity contribution in [3.05, 3.63) is 151 Å². The summed E-state index contributed by atoms with van der Waals surface area (Å²) in [5.74, 6) is 1.18. The molecular weight excluding hydrogens is 570 g/mol. The molecule has 0 radical (unpaired) electrons. The number of para-hydroxylation sites is 1. The molecule has 1 saturated carbocycles. The van der Waals surface area contributed by atoms with Crippen LogP contribution in [0, 0.1) is 26.5 Å². The van der Waals surface area contributed by atoms with Crippen molar-refractivity contribution in [3.8, 4) is 0 Å². The summed E-state index contributed by atoms with van der Waals surface area (Å²) in [6.07, 6.45) is 16.9. The van der Waals surface area contributed by atoms with Crippen LogP contribution in [0.4, 0.5) is 11.4 Å². The molecule has 3 aliphatic carbocycles. The first-order chi connectivity index (χ1) is 22.6. The van der Waals surface area contributed by atoms with Crippen molar-refractivity contribution in [2.45, 2.75) is 57.3 Å². The number of hydrogen-bond acceptors (Lipinski definition) is 5. The van der Waals surface area contributed by atoms with Crippen molar-refractivity contribution in [1.82, 2.24) is 0 Å². The van der Waals surface area contributed by atoms with Gasteiger partial charge in [-0.3, -0.25) is 19.9 Å². The number of nitro benzene ring substituents is 1. The van der Waals surface area contributed by atoms with E-state index in [0.717, 1.165) is 41.3 Å². The van der Waals surface area contributed by atoms with Crippen molar-refractivity contribution in [2.75, 3.05) is 5.32 Å². The van der Waals surface area contributed by atoms with Crippen molar-refractivity contribution in [3.63, 3.8) is 0 Å². The van der Waals surface area contributed by atoms with Gasteiger partial charge in [0.2, 0.25) is 0 Å². The van der Waals surface area contributed by atoms with E-state index in [4.69, 9.17) is 0 Å². The maximum atomic E-state index is 13.7. The normalized spacial score (nSPS) is 17.8. The molecule has 1 atom stereocenters. The molecule has 1 fully saturated rings. The Bertz CT molecular complexity index is 2090. The van der Waals surface area contributed by atoms with E-state index in [2.05, 4.69) is 52.8 Å². The average Bonchev–Trinajstić information content (AvgIpc) is 3.37. The molecule has 6 heteroatoms. The van der Waals surface area contributed by atoms with Gasteiger partial charge in [0.05, 0.1) is 4.92 Å². The van der Waals surface area contributed by atoms with Gasteiger partial charge >= 0.3 is 0 Å². The number of non-ortho nitro benzene ring substituents is 1. The smallest absolute Gasteiger partial charge is 0.269 e. The lowest BCUT2D eigenvalue weighted by atomic mass is 9.69. The summed E-state index contributed by atoms with van der Waals surface area (Å²) in [6.45, 7) is 0. The lowest BCUT2D eigenvalue weighted by Crippen LogP contribution is -2.32. The topological polar surface area (TPSA) is 84.6 Å². The van der Waals surface area contributed by atoms with Crippen LogP contribution in [-0.4, -0.2) is 16.9 Å². The van der Waals surface area contributed by atoms with E-state index in [-0.39, 0.29) is 11.5 Å². The molecule has 6 nitrogen and oxygen atoms in total. The molecule has 4 aromatic carbocycles. The number of carbonyl (C=O) groups is 1. The molecule has 1 aliphatic heterocycles. The van der Waals surface area contributed by atoms with E-state index >= 15 is 0 Å². The third kappa shape index (κ3) is 5.83. The molecule has 0 aromatic heterocycles. The van der Waals surface area contributed by atoms with E-state index in [1.165, 1.54) is 71.0 Å². The summed E-state index contributed by atoms with van der Waals surface area (Å²) in [6, 6.07) is 27.1. The van der Waals surface area contributed by atoms with Crippen LogP contribution in [0.25, 0.3) is 11.6 Å². The zero-order chi connectivity index (χ0) is 31.5. The highest BCUT2D eigenvalue weighted by Gasteiger charge is 2.32. The third-order valence-corrected chi connectivity index (χ3v) is 9.94. The zero-order valence-corrected chi connectivity index (χ0v) is 25.8. The number of fused-ring (bicyclic) bond motifs is 5. The Balaban J connectivity index is 0.000000259. The Labute approximate surface area is 268 Å². The first-order valence-corrected chi connectivity index (χ1v) is 16.4. The van der Waals surface area contributed by atoms with Gasteiger partial charge in [0, 0.05) is 53.1 Å². The summed E-state index contributed by atoms with van der Waals surface area (Å²) in [5, 5.41) is 19.2. The highest BCUT2D eigenvalue weighted by molar-refractivity contribution is 6.24. The second-order valence-electron chi connectivity index (χ2n) is 12.5. The van der Waals surface area contributed by atoms with Gasteiger partial charge in [0.25, 0.3) is 5.69 Å². The van der Waals surface area contributed by atoms with Crippen LogP contribution < -0.4 is 15.8 Å². The summed E-state index contributed by atoms with van der Waals surface area (Å²) in [4.78, 5) is 28.4. The molecule has 0 amide bonds. The maximum Gasteiger partial charge on any atom is 0.269 e. The fourth-order valence-electron chi connectivity index (χ4n) is 7.72. The van der Waals surface area contributed by atoms with Crippen molar-refractivity contribution >= 4 is 35.0 Å². The molecule has 1 N–H and O–H groups in total. The summed E-state index contributed by atoms with van der Waals surface area (Å²) in [5.41, 5.74) is 6.42. The minimum Gasteiger partial charge on any atom is -0.360 e. The van der Waals surface area contributed by atoms with Gasteiger partial charge < -0.3 is 5.32 Å². The Hall–Kier alpha value is -5.10. The van der Waals surface area contributed by atoms with Gasteiger partial charge in [-0.25, -0.2) is 0 Å². The van der Waals surface area contributed by atoms with Crippen molar-refractivity contribution in [2.24, 2.45) is 10.9 Å². The number of nitrogens with one attached hydrogen (secondary N) is 1. The number of aliphatic imine (C=N–C) groups is 1. The largest absolute Gasteiger partial charge is 0.360 e. The van der Waals surface area contributed by atoms with Gasteiger partial charge in [-0.05, 0) is 94.1 Å². The lowest BCUT2D eigenvalue weighted by molar-refractivity contribution is -0.384. The fraction of sp³-hybridized carbons (Fsp3) is 0.250. The molecule has 0 spiro atoms. The third-order valence-electron chi connectivity index (χ3n) is 9.94. The number of ketones is 1. The number of hydrogen-bond donors (Lipinski definition) is 1. The van der Waals surface area contributed by atoms with Crippen LogP contribution in [0.15, 0.2) is 102 Å². The highest BCUT2D eigenvalue weighted by Crippen LogP contribution is 2.42. The second kappa shape index (κ2) is 13.1. The van der Waals surface area contributed by atoms with E-state index < -0.39 is 4.92 Å². The SMILES string of the molecule is C1=CNc2ccccc2C=N1.O=C(C1=c2ccc3c(c2C(C2CCCCC2)CC1)CC=c1ccccc1=3)c1ccc([N+](=O)[O-])cc1. The monoisotopic (exact) mass is 607 g/mol. The Morgan fingerprint density at radius 2 is 1.59 bits per heavy atom. The molecular formula is C40H37N3O3. The Morgan fingerprint density at radius 1 is 0.826 bits per heavy atom. The second-order valence-corrected chi connectivity index (χ2v) is 12.5. The summed E-state index contributed by atoms with van der Waals surface area (Å²) in [7, 11) is 0. The molecule has 46 heavy (non-hydrogen) atoms. The molecule has 1 heterocycles. The van der Waals surface area contributed by atoms with E-state index in [1.807, 2.05) is 36.7 Å². The van der Waals surface area contributed by atoms with Crippen LogP contribution in [0.3, 0.4) is 0 Å². The highest BCUT2D eigenvalue weighted by atomic mass is 16.6. The van der Waals surface area contributed by atoms with E-state index in [1.54, 1.807) is 18.3 Å². The number of nitro groups is 1. The summed E-state index contributed by atoms with van der Waals surface area (Å²) < 4.78 is 0. The first-order valence-electron chi connectivity index (χ1n) is 16.4. The standard InChI is InChI=1S/C31H29NO3.C9H8N2/c33-31(22-10-13-23(14-11-22)32(34)35)29-19-16-25(20-6-2-1-3-7-20)30-27-15-12-21-8-4-5-9-24(21)26(27)17-18-28(29)30;1-2-4-9-8(3-1)7-10-5-6-11-9/h4-5,8-14,17-18,20,25H,1-3,6-7,15-16,19H2;1-7,11H. The summed E-state index contributed by atoms with van der Waals surface area (Å²) >= 11 is 0. The van der Waals surface area contributed by atoms with Crippen LogP contribution in [0.5, 0.6) is 0 Å². The van der Waals surface area contributed by atoms with Gasteiger partial charge in [-0.2, -0.15) is 0 Å². The molecule has 1 unspecified atom stereocenters.